The SMILES string of the molecule is O=C(Nc1ccc(OC(F)(F)F)cc1)N1CCOC2(CCN(C(=O)c3ccc(O)cc3)CC2)C1. The number of hydrogen-bond acceptors (Lipinski definition) is 5. The Morgan fingerprint density at radius 2 is 1.62 bits per heavy atom. The second kappa shape index (κ2) is 9.41. The largest absolute Gasteiger partial charge is 0.573 e. The first-order chi connectivity index (χ1) is 16.1. The molecule has 1 spiro atoms. The zero-order valence-electron chi connectivity index (χ0n) is 18.2. The Bertz CT molecular complexity index is 1020. The van der Waals surface area contributed by atoms with Crippen LogP contribution in [-0.4, -0.2) is 71.6 Å². The molecule has 0 aliphatic carbocycles. The van der Waals surface area contributed by atoms with Crippen LogP contribution in [0.1, 0.15) is 23.2 Å². The van der Waals surface area contributed by atoms with Gasteiger partial charge in [0.1, 0.15) is 11.5 Å². The van der Waals surface area contributed by atoms with Gasteiger partial charge in [0, 0.05) is 30.9 Å². The number of aromatic hydroxyl groups is 1. The zero-order chi connectivity index (χ0) is 24.3. The molecule has 0 atom stereocenters. The van der Waals surface area contributed by atoms with E-state index in [1.54, 1.807) is 21.9 Å². The quantitative estimate of drug-likeness (QED) is 0.698. The number of rotatable bonds is 3. The Morgan fingerprint density at radius 3 is 2.24 bits per heavy atom. The normalized spacial score (nSPS) is 18.0. The number of morpholine rings is 1. The number of carbonyl (C=O) groups excluding carboxylic acids is 2. The standard InChI is InChI=1S/C23H24F3N3O5/c24-23(25,26)34-19-7-3-17(4-8-19)27-21(32)29-13-14-33-22(15-29)9-11-28(12-10-22)20(31)16-1-5-18(30)6-2-16/h1-8,30H,9-15H2,(H,27,32). The molecule has 2 saturated heterocycles. The third-order valence-corrected chi connectivity index (χ3v) is 5.95. The third kappa shape index (κ3) is 5.71. The second-order valence-corrected chi connectivity index (χ2v) is 8.29. The maximum atomic E-state index is 12.8. The lowest BCUT2D eigenvalue weighted by molar-refractivity contribution is -0.274. The molecular formula is C23H24F3N3O5. The summed E-state index contributed by atoms with van der Waals surface area (Å²) >= 11 is 0. The molecule has 34 heavy (non-hydrogen) atoms. The van der Waals surface area contributed by atoms with Crippen molar-refractivity contribution >= 4 is 17.6 Å². The van der Waals surface area contributed by atoms with Crippen molar-refractivity contribution in [2.24, 2.45) is 0 Å². The maximum Gasteiger partial charge on any atom is 0.573 e. The Morgan fingerprint density at radius 1 is 0.971 bits per heavy atom. The van der Waals surface area contributed by atoms with Crippen LogP contribution in [0.3, 0.4) is 0 Å². The van der Waals surface area contributed by atoms with E-state index in [4.69, 9.17) is 4.74 Å². The van der Waals surface area contributed by atoms with Crippen LogP contribution in [0.15, 0.2) is 48.5 Å². The van der Waals surface area contributed by atoms with Crippen LogP contribution in [-0.2, 0) is 4.74 Å². The van der Waals surface area contributed by atoms with E-state index in [2.05, 4.69) is 10.1 Å². The fourth-order valence-corrected chi connectivity index (χ4v) is 4.17. The number of nitrogens with zero attached hydrogens (tertiary/aromatic N) is 2. The Labute approximate surface area is 193 Å². The minimum absolute atomic E-state index is 0.0914. The Balaban J connectivity index is 1.32. The smallest absolute Gasteiger partial charge is 0.508 e. The highest BCUT2D eigenvalue weighted by molar-refractivity contribution is 5.94. The number of nitrogens with one attached hydrogen (secondary N) is 1. The van der Waals surface area contributed by atoms with E-state index >= 15 is 0 Å². The Kier molecular flexibility index (Phi) is 6.56. The number of ether oxygens (including phenoxy) is 2. The maximum absolute atomic E-state index is 12.8. The number of carbonyl (C=O) groups is 2. The van der Waals surface area contributed by atoms with Gasteiger partial charge in [0.05, 0.1) is 18.8 Å². The van der Waals surface area contributed by atoms with Crippen molar-refractivity contribution in [1.82, 2.24) is 9.80 Å². The highest BCUT2D eigenvalue weighted by Crippen LogP contribution is 2.31. The van der Waals surface area contributed by atoms with Crippen molar-refractivity contribution in [2.45, 2.75) is 24.8 Å². The molecule has 0 unspecified atom stereocenters. The van der Waals surface area contributed by atoms with E-state index in [1.807, 2.05) is 0 Å². The molecule has 0 radical (unpaired) electrons. The summed E-state index contributed by atoms with van der Waals surface area (Å²) in [6, 6.07) is 10.6. The monoisotopic (exact) mass is 479 g/mol. The second-order valence-electron chi connectivity index (χ2n) is 8.29. The number of benzene rings is 2. The van der Waals surface area contributed by atoms with Gasteiger partial charge >= 0.3 is 12.4 Å². The van der Waals surface area contributed by atoms with Gasteiger partial charge in [-0.15, -0.1) is 13.2 Å². The molecule has 0 saturated carbocycles. The lowest BCUT2D eigenvalue weighted by Gasteiger charge is -2.47. The highest BCUT2D eigenvalue weighted by Gasteiger charge is 2.42. The van der Waals surface area contributed by atoms with E-state index in [1.165, 1.54) is 24.3 Å². The minimum Gasteiger partial charge on any atom is -0.508 e. The average molecular weight is 479 g/mol. The van der Waals surface area contributed by atoms with Gasteiger partial charge in [-0.2, -0.15) is 0 Å². The molecule has 3 amide bonds. The summed E-state index contributed by atoms with van der Waals surface area (Å²) in [5, 5.41) is 12.1. The van der Waals surface area contributed by atoms with Gasteiger partial charge in [-0.1, -0.05) is 0 Å². The van der Waals surface area contributed by atoms with Gasteiger partial charge in [-0.25, -0.2) is 4.79 Å². The van der Waals surface area contributed by atoms with E-state index in [0.29, 0.717) is 56.9 Å². The van der Waals surface area contributed by atoms with Crippen molar-refractivity contribution in [3.05, 3.63) is 54.1 Å². The van der Waals surface area contributed by atoms with Crippen LogP contribution < -0.4 is 10.1 Å². The number of hydrogen-bond donors (Lipinski definition) is 2. The van der Waals surface area contributed by atoms with Crippen molar-refractivity contribution in [3.63, 3.8) is 0 Å². The summed E-state index contributed by atoms with van der Waals surface area (Å²) in [4.78, 5) is 28.8. The van der Waals surface area contributed by atoms with Gasteiger partial charge in [0.25, 0.3) is 5.91 Å². The van der Waals surface area contributed by atoms with Gasteiger partial charge in [-0.3, -0.25) is 4.79 Å². The summed E-state index contributed by atoms with van der Waals surface area (Å²) in [7, 11) is 0. The summed E-state index contributed by atoms with van der Waals surface area (Å²) in [6.45, 7) is 2.00. The molecular weight excluding hydrogens is 455 g/mol. The molecule has 2 fully saturated rings. The number of amides is 3. The van der Waals surface area contributed by atoms with Gasteiger partial charge in [0.15, 0.2) is 0 Å². The van der Waals surface area contributed by atoms with Gasteiger partial charge in [0.2, 0.25) is 0 Å². The zero-order valence-corrected chi connectivity index (χ0v) is 18.2. The predicted molar refractivity (Wildman–Crippen MR) is 116 cm³/mol. The predicted octanol–water partition coefficient (Wildman–Crippen LogP) is 3.83. The molecule has 11 heteroatoms. The third-order valence-electron chi connectivity index (χ3n) is 5.95. The first-order valence-electron chi connectivity index (χ1n) is 10.8. The molecule has 2 heterocycles. The molecule has 2 aromatic carbocycles. The van der Waals surface area contributed by atoms with Crippen LogP contribution in [0.4, 0.5) is 23.7 Å². The number of phenols is 1. The number of phenolic OH excluding ortho intramolecular Hbond substituents is 1. The van der Waals surface area contributed by atoms with Crippen molar-refractivity contribution in [3.8, 4) is 11.5 Å². The number of urea groups is 1. The molecule has 182 valence electrons. The van der Waals surface area contributed by atoms with Gasteiger partial charge in [-0.05, 0) is 61.4 Å². The van der Waals surface area contributed by atoms with Crippen LogP contribution >= 0.6 is 0 Å². The van der Waals surface area contributed by atoms with Gasteiger partial charge < -0.3 is 29.7 Å². The molecule has 2 N–H and O–H groups in total. The number of halogens is 3. The molecule has 2 aliphatic heterocycles. The summed E-state index contributed by atoms with van der Waals surface area (Å²) in [6.07, 6.45) is -3.66. The fraction of sp³-hybridized carbons (Fsp3) is 0.391. The van der Waals surface area contributed by atoms with Crippen LogP contribution in [0.2, 0.25) is 0 Å². The van der Waals surface area contributed by atoms with Crippen molar-refractivity contribution < 1.29 is 37.3 Å². The molecule has 2 aliphatic rings. The summed E-state index contributed by atoms with van der Waals surface area (Å²) in [5.74, 6) is -0.406. The highest BCUT2D eigenvalue weighted by atomic mass is 19.4. The fourth-order valence-electron chi connectivity index (χ4n) is 4.17. The number of alkyl halides is 3. The van der Waals surface area contributed by atoms with E-state index < -0.39 is 12.0 Å². The Hall–Kier alpha value is -3.47. The van der Waals surface area contributed by atoms with Crippen LogP contribution in [0.25, 0.3) is 0 Å². The molecule has 4 rings (SSSR count). The lowest BCUT2D eigenvalue weighted by Crippen LogP contribution is -2.59. The van der Waals surface area contributed by atoms with E-state index in [-0.39, 0.29) is 23.4 Å². The number of piperidine rings is 1. The number of likely N-dealkylation sites (tertiary alicyclic amines) is 1. The van der Waals surface area contributed by atoms with Crippen molar-refractivity contribution in [2.75, 3.05) is 38.1 Å². The average Bonchev–Trinajstić information content (AvgIpc) is 2.80. The summed E-state index contributed by atoms with van der Waals surface area (Å²) < 4.78 is 46.8. The topological polar surface area (TPSA) is 91.3 Å². The van der Waals surface area contributed by atoms with E-state index in [0.717, 1.165) is 12.1 Å². The molecule has 8 nitrogen and oxygen atoms in total. The summed E-state index contributed by atoms with van der Waals surface area (Å²) in [5.41, 5.74) is 0.270. The van der Waals surface area contributed by atoms with Crippen molar-refractivity contribution in [1.29, 1.82) is 0 Å². The number of anilines is 1. The van der Waals surface area contributed by atoms with Crippen LogP contribution in [0, 0.1) is 0 Å². The first-order valence-corrected chi connectivity index (χ1v) is 10.8. The molecule has 2 aromatic rings. The lowest BCUT2D eigenvalue weighted by atomic mass is 9.89. The van der Waals surface area contributed by atoms with Crippen LogP contribution in [0.5, 0.6) is 11.5 Å². The minimum atomic E-state index is -4.78. The molecule has 0 aromatic heterocycles. The molecule has 0 bridgehead atoms. The van der Waals surface area contributed by atoms with E-state index in [9.17, 15) is 27.9 Å². The first kappa shape index (κ1) is 23.7.